The number of aryl methyl sites for hydroxylation is 1. The fraction of sp³-hybridized carbons (Fsp3) is 0.652. The summed E-state index contributed by atoms with van der Waals surface area (Å²) in [6.45, 7) is 10.3. The number of rotatable bonds is 21. The van der Waals surface area contributed by atoms with Crippen LogP contribution in [0.15, 0.2) is 24.3 Å². The van der Waals surface area contributed by atoms with Gasteiger partial charge in [-0.3, -0.25) is 9.59 Å². The van der Waals surface area contributed by atoms with Crippen molar-refractivity contribution in [1.82, 2.24) is 0 Å². The van der Waals surface area contributed by atoms with Gasteiger partial charge in [0.15, 0.2) is 0 Å². The van der Waals surface area contributed by atoms with Crippen LogP contribution >= 0.6 is 0 Å². The number of anilines is 1. The quantitative estimate of drug-likeness (QED) is 0.157. The molecule has 0 atom stereocenters. The molecule has 9 heteroatoms. The van der Waals surface area contributed by atoms with Gasteiger partial charge in [-0.25, -0.2) is 0 Å². The summed E-state index contributed by atoms with van der Waals surface area (Å²) in [5.74, 6) is -0.429. The summed E-state index contributed by atoms with van der Waals surface area (Å²) >= 11 is 0. The molecule has 1 aromatic rings. The molecule has 0 unspecified atom stereocenters. The van der Waals surface area contributed by atoms with E-state index in [4.69, 9.17) is 23.7 Å². The summed E-state index contributed by atoms with van der Waals surface area (Å²) < 4.78 is 31.2. The highest BCUT2D eigenvalue weighted by molar-refractivity contribution is 5.69. The highest BCUT2D eigenvalue weighted by Gasteiger charge is 2.04. The molecule has 0 aliphatic carbocycles. The maximum atomic E-state index is 11.2. The van der Waals surface area contributed by atoms with E-state index in [1.807, 2.05) is 0 Å². The maximum absolute atomic E-state index is 11.2. The lowest BCUT2D eigenvalue weighted by atomic mass is 10.2. The molecule has 0 aliphatic heterocycles. The number of esters is 1. The molecule has 32 heavy (non-hydrogen) atoms. The van der Waals surface area contributed by atoms with E-state index >= 15 is 0 Å². The number of hydrogen-bond acceptors (Lipinski definition) is 9. The molecule has 9 nitrogen and oxygen atoms in total. The summed E-state index contributed by atoms with van der Waals surface area (Å²) in [6.07, 6.45) is 0.0392. The first-order valence-corrected chi connectivity index (χ1v) is 11.0. The van der Waals surface area contributed by atoms with Crippen LogP contribution in [0.25, 0.3) is 0 Å². The van der Waals surface area contributed by atoms with Crippen molar-refractivity contribution in [2.24, 2.45) is 0 Å². The number of benzene rings is 1. The number of ether oxygens (including phenoxy) is 6. The van der Waals surface area contributed by atoms with Crippen LogP contribution in [0.2, 0.25) is 0 Å². The van der Waals surface area contributed by atoms with E-state index in [2.05, 4.69) is 47.7 Å². The van der Waals surface area contributed by atoms with Crippen LogP contribution in [0.5, 0.6) is 0 Å². The monoisotopic (exact) mass is 455 g/mol. The minimum atomic E-state index is -0.429. The van der Waals surface area contributed by atoms with Crippen LogP contribution in [0.1, 0.15) is 18.9 Å². The second-order valence-corrected chi connectivity index (χ2v) is 6.81. The lowest BCUT2D eigenvalue weighted by Gasteiger charge is -2.23. The summed E-state index contributed by atoms with van der Waals surface area (Å²) in [5.41, 5.74) is 2.47. The third-order valence-electron chi connectivity index (χ3n) is 4.35. The lowest BCUT2D eigenvalue weighted by molar-refractivity contribution is -0.147. The van der Waals surface area contributed by atoms with Crippen molar-refractivity contribution in [2.45, 2.75) is 20.3 Å². The molecule has 0 aliphatic rings. The van der Waals surface area contributed by atoms with Crippen LogP contribution in [0.4, 0.5) is 5.69 Å². The Morgan fingerprint density at radius 3 is 2.03 bits per heavy atom. The molecule has 0 saturated heterocycles. The van der Waals surface area contributed by atoms with E-state index in [1.54, 1.807) is 0 Å². The van der Waals surface area contributed by atoms with Gasteiger partial charge in [0.05, 0.1) is 59.3 Å². The molecule has 0 N–H and O–H groups in total. The fourth-order valence-electron chi connectivity index (χ4n) is 2.71. The number of hydrogen-bond donors (Lipinski definition) is 0. The Labute approximate surface area is 190 Å². The van der Waals surface area contributed by atoms with Gasteiger partial charge in [-0.05, 0) is 31.5 Å². The van der Waals surface area contributed by atoms with Gasteiger partial charge in [0.25, 0.3) is 6.47 Å². The Bertz CT molecular complexity index is 613. The van der Waals surface area contributed by atoms with E-state index in [0.717, 1.165) is 13.1 Å². The molecule has 0 radical (unpaired) electrons. The summed E-state index contributed by atoms with van der Waals surface area (Å²) in [4.78, 5) is 23.5. The molecule has 0 spiro atoms. The lowest BCUT2D eigenvalue weighted by Crippen LogP contribution is -2.27. The smallest absolute Gasteiger partial charge is 0.309 e. The average molecular weight is 456 g/mol. The van der Waals surface area contributed by atoms with E-state index < -0.39 is 5.97 Å². The number of carbonyl (C=O) groups is 2. The molecule has 0 amide bonds. The second-order valence-electron chi connectivity index (χ2n) is 6.81. The minimum Gasteiger partial charge on any atom is -0.467 e. The SMILES string of the molecule is CCN(CCOCCOCCOCCOCCOC(=O)CCOC=O)c1cccc(C)c1. The number of nitrogens with zero attached hydrogens (tertiary/aromatic N) is 1. The number of likely N-dealkylation sites (N-methyl/N-ethyl adjacent to an activating group) is 1. The van der Waals surface area contributed by atoms with Crippen LogP contribution < -0.4 is 4.90 Å². The van der Waals surface area contributed by atoms with Crippen molar-refractivity contribution in [2.75, 3.05) is 84.1 Å². The average Bonchev–Trinajstić information content (AvgIpc) is 2.79. The zero-order valence-corrected chi connectivity index (χ0v) is 19.3. The largest absolute Gasteiger partial charge is 0.467 e. The second kappa shape index (κ2) is 19.5. The normalized spacial score (nSPS) is 10.7. The standard InChI is InChI=1S/C23H37NO8/c1-3-24(22-6-4-5-21(2)19-22)8-10-27-11-12-28-13-14-29-15-16-30-17-18-32-23(26)7-9-31-20-25/h4-6,19-20H,3,7-18H2,1-2H3. The predicted molar refractivity (Wildman–Crippen MR) is 120 cm³/mol. The first-order valence-electron chi connectivity index (χ1n) is 11.0. The molecular weight excluding hydrogens is 418 g/mol. The van der Waals surface area contributed by atoms with Crippen LogP contribution in [-0.2, 0) is 38.0 Å². The minimum absolute atomic E-state index is 0.0245. The highest BCUT2D eigenvalue weighted by Crippen LogP contribution is 2.15. The predicted octanol–water partition coefficient (Wildman–Crippen LogP) is 1.99. The summed E-state index contributed by atoms with van der Waals surface area (Å²) in [6, 6.07) is 8.47. The molecular formula is C23H37NO8. The molecule has 1 rings (SSSR count). The van der Waals surface area contributed by atoms with Gasteiger partial charge in [0.2, 0.25) is 0 Å². The van der Waals surface area contributed by atoms with E-state index in [0.29, 0.717) is 52.7 Å². The van der Waals surface area contributed by atoms with Crippen molar-refractivity contribution >= 4 is 18.1 Å². The maximum Gasteiger partial charge on any atom is 0.309 e. The van der Waals surface area contributed by atoms with Gasteiger partial charge in [-0.2, -0.15) is 0 Å². The zero-order valence-electron chi connectivity index (χ0n) is 19.3. The molecule has 0 saturated carbocycles. The summed E-state index contributed by atoms with van der Waals surface area (Å²) in [5, 5.41) is 0. The van der Waals surface area contributed by atoms with Crippen molar-refractivity contribution in [3.8, 4) is 0 Å². The molecule has 0 bridgehead atoms. The van der Waals surface area contributed by atoms with Crippen molar-refractivity contribution in [1.29, 1.82) is 0 Å². The molecule has 1 aromatic carbocycles. The van der Waals surface area contributed by atoms with E-state index in [9.17, 15) is 9.59 Å². The van der Waals surface area contributed by atoms with E-state index in [1.165, 1.54) is 11.3 Å². The zero-order chi connectivity index (χ0) is 23.3. The molecule has 182 valence electrons. The van der Waals surface area contributed by atoms with Crippen molar-refractivity contribution < 1.29 is 38.0 Å². The topological polar surface area (TPSA) is 92.8 Å². The van der Waals surface area contributed by atoms with Gasteiger partial charge in [-0.15, -0.1) is 0 Å². The molecule has 0 fully saturated rings. The van der Waals surface area contributed by atoms with Gasteiger partial charge >= 0.3 is 5.97 Å². The Balaban J connectivity index is 1.84. The first kappa shape index (κ1) is 27.8. The van der Waals surface area contributed by atoms with Crippen LogP contribution in [0, 0.1) is 6.92 Å². The molecule has 0 aromatic heterocycles. The Hall–Kier alpha value is -2.20. The van der Waals surface area contributed by atoms with Crippen molar-refractivity contribution in [3.63, 3.8) is 0 Å². The Morgan fingerprint density at radius 1 is 0.875 bits per heavy atom. The highest BCUT2D eigenvalue weighted by atomic mass is 16.6. The Morgan fingerprint density at radius 2 is 1.47 bits per heavy atom. The number of carbonyl (C=O) groups excluding carboxylic acids is 2. The van der Waals surface area contributed by atoms with Gasteiger partial charge in [0, 0.05) is 18.8 Å². The molecule has 0 heterocycles. The fourth-order valence-corrected chi connectivity index (χ4v) is 2.71. The third-order valence-corrected chi connectivity index (χ3v) is 4.35. The van der Waals surface area contributed by atoms with Crippen LogP contribution in [0.3, 0.4) is 0 Å². The van der Waals surface area contributed by atoms with E-state index in [-0.39, 0.29) is 26.2 Å². The Kier molecular flexibility index (Phi) is 16.9. The van der Waals surface area contributed by atoms with Gasteiger partial charge in [-0.1, -0.05) is 12.1 Å². The van der Waals surface area contributed by atoms with Crippen molar-refractivity contribution in [3.05, 3.63) is 29.8 Å². The van der Waals surface area contributed by atoms with Gasteiger partial charge < -0.3 is 33.3 Å². The van der Waals surface area contributed by atoms with Crippen LogP contribution in [-0.4, -0.2) is 91.6 Å². The third kappa shape index (κ3) is 14.7. The first-order chi connectivity index (χ1) is 15.7. The summed E-state index contributed by atoms with van der Waals surface area (Å²) in [7, 11) is 0. The van der Waals surface area contributed by atoms with Gasteiger partial charge in [0.1, 0.15) is 13.2 Å².